The maximum absolute atomic E-state index is 5.88. The largest absolute Gasteiger partial charge is 0.457 e. The monoisotopic (exact) mass is 416 g/mol. The number of nitrogens with one attached hydrogen (secondary N) is 3. The van der Waals surface area contributed by atoms with Gasteiger partial charge in [-0.2, -0.15) is 0 Å². The van der Waals surface area contributed by atoms with E-state index in [4.69, 9.17) is 17.0 Å². The summed E-state index contributed by atoms with van der Waals surface area (Å²) in [6.07, 6.45) is 1.67. The molecular formula is C22H20N6OS. The van der Waals surface area contributed by atoms with Crippen LogP contribution in [0.4, 0.5) is 17.3 Å². The van der Waals surface area contributed by atoms with Gasteiger partial charge in [0.05, 0.1) is 6.20 Å². The number of hydrogen-bond acceptors (Lipinski definition) is 6. The molecule has 4 rings (SSSR count). The quantitative estimate of drug-likeness (QED) is 0.384. The van der Waals surface area contributed by atoms with Gasteiger partial charge in [-0.25, -0.2) is 15.0 Å². The van der Waals surface area contributed by atoms with E-state index < -0.39 is 0 Å². The molecule has 0 saturated carbocycles. The minimum absolute atomic E-state index is 0.515. The molecule has 0 fully saturated rings. The van der Waals surface area contributed by atoms with Crippen molar-refractivity contribution in [2.75, 3.05) is 17.2 Å². The summed E-state index contributed by atoms with van der Waals surface area (Å²) in [5.41, 5.74) is 2.04. The Morgan fingerprint density at radius 2 is 1.73 bits per heavy atom. The topological polar surface area (TPSA) is 84.0 Å². The molecule has 7 nitrogen and oxygen atoms in total. The highest BCUT2D eigenvalue weighted by Gasteiger charge is 2.06. The van der Waals surface area contributed by atoms with Gasteiger partial charge in [-0.15, -0.1) is 0 Å². The summed E-state index contributed by atoms with van der Waals surface area (Å²) in [7, 11) is 0. The van der Waals surface area contributed by atoms with Gasteiger partial charge in [0.2, 0.25) is 0 Å². The van der Waals surface area contributed by atoms with Crippen LogP contribution in [-0.2, 0) is 0 Å². The minimum Gasteiger partial charge on any atom is -0.457 e. The summed E-state index contributed by atoms with van der Waals surface area (Å²) in [5.74, 6) is 2.69. The van der Waals surface area contributed by atoms with Gasteiger partial charge < -0.3 is 20.7 Å². The van der Waals surface area contributed by atoms with Crippen LogP contribution in [0.15, 0.2) is 72.9 Å². The zero-order valence-electron chi connectivity index (χ0n) is 16.3. The van der Waals surface area contributed by atoms with Crippen molar-refractivity contribution in [1.82, 2.24) is 20.3 Å². The second-order valence-electron chi connectivity index (χ2n) is 6.35. The van der Waals surface area contributed by atoms with Gasteiger partial charge in [-0.05, 0) is 55.5 Å². The Balaban J connectivity index is 1.52. The first kappa shape index (κ1) is 19.5. The zero-order valence-corrected chi connectivity index (χ0v) is 17.1. The maximum Gasteiger partial charge on any atom is 0.182 e. The van der Waals surface area contributed by atoms with Crippen LogP contribution in [0.3, 0.4) is 0 Å². The van der Waals surface area contributed by atoms with Gasteiger partial charge >= 0.3 is 0 Å². The van der Waals surface area contributed by atoms with Crippen molar-refractivity contribution >= 4 is 45.8 Å². The average molecular weight is 417 g/mol. The third kappa shape index (κ3) is 4.98. The van der Waals surface area contributed by atoms with Crippen LogP contribution < -0.4 is 20.7 Å². The number of nitrogens with zero attached hydrogens (tertiary/aromatic N) is 3. The fraction of sp³-hybridized carbons (Fsp3) is 0.0909. The van der Waals surface area contributed by atoms with Crippen molar-refractivity contribution in [3.8, 4) is 11.5 Å². The van der Waals surface area contributed by atoms with Crippen molar-refractivity contribution in [2.24, 2.45) is 0 Å². The summed E-state index contributed by atoms with van der Waals surface area (Å²) in [5, 5.41) is 9.83. The van der Waals surface area contributed by atoms with E-state index >= 15 is 0 Å². The molecule has 3 N–H and O–H groups in total. The molecule has 0 amide bonds. The predicted octanol–water partition coefficient (Wildman–Crippen LogP) is 4.87. The number of fused-ring (bicyclic) bond motifs is 1. The summed E-state index contributed by atoms with van der Waals surface area (Å²) >= 11 is 5.21. The molecule has 0 atom stereocenters. The van der Waals surface area contributed by atoms with Crippen molar-refractivity contribution in [2.45, 2.75) is 6.92 Å². The molecule has 2 heterocycles. The molecule has 30 heavy (non-hydrogen) atoms. The Hall–Kier alpha value is -3.78. The Kier molecular flexibility index (Phi) is 5.95. The molecule has 150 valence electrons. The Morgan fingerprint density at radius 3 is 2.57 bits per heavy atom. The highest BCUT2D eigenvalue weighted by molar-refractivity contribution is 7.80. The lowest BCUT2D eigenvalue weighted by Gasteiger charge is -2.10. The highest BCUT2D eigenvalue weighted by atomic mass is 32.1. The van der Waals surface area contributed by atoms with E-state index in [9.17, 15) is 0 Å². The van der Waals surface area contributed by atoms with Crippen LogP contribution >= 0.6 is 12.2 Å². The predicted molar refractivity (Wildman–Crippen MR) is 123 cm³/mol. The molecule has 0 spiro atoms. The van der Waals surface area contributed by atoms with Crippen molar-refractivity contribution in [1.29, 1.82) is 0 Å². The Labute approximate surface area is 179 Å². The molecule has 0 aliphatic carbocycles. The second kappa shape index (κ2) is 9.15. The van der Waals surface area contributed by atoms with Gasteiger partial charge in [0.15, 0.2) is 16.6 Å². The molecule has 0 unspecified atom stereocenters. The zero-order chi connectivity index (χ0) is 20.8. The number of pyridine rings is 1. The van der Waals surface area contributed by atoms with E-state index in [1.54, 1.807) is 6.20 Å². The number of para-hydroxylation sites is 1. The van der Waals surface area contributed by atoms with E-state index in [2.05, 4.69) is 30.9 Å². The molecule has 0 aliphatic heterocycles. The van der Waals surface area contributed by atoms with E-state index in [0.29, 0.717) is 27.9 Å². The lowest BCUT2D eigenvalue weighted by Crippen LogP contribution is -2.28. The van der Waals surface area contributed by atoms with Gasteiger partial charge in [-0.1, -0.05) is 24.3 Å². The van der Waals surface area contributed by atoms with Gasteiger partial charge in [0.1, 0.15) is 22.8 Å². The SMILES string of the molecule is CCNC(=S)Nc1ccc2ncc(Nc3cccc(Oc4ccccc4)c3)nc2n1. The van der Waals surface area contributed by atoms with E-state index in [-0.39, 0.29) is 0 Å². The van der Waals surface area contributed by atoms with Gasteiger partial charge in [0.25, 0.3) is 0 Å². The summed E-state index contributed by atoms with van der Waals surface area (Å²) < 4.78 is 5.88. The van der Waals surface area contributed by atoms with Gasteiger partial charge in [-0.3, -0.25) is 0 Å². The number of ether oxygens (including phenoxy) is 1. The van der Waals surface area contributed by atoms with Crippen LogP contribution in [0.1, 0.15) is 6.92 Å². The third-order valence-corrected chi connectivity index (χ3v) is 4.32. The third-order valence-electron chi connectivity index (χ3n) is 4.07. The Morgan fingerprint density at radius 1 is 0.933 bits per heavy atom. The number of aromatic nitrogens is 3. The molecular weight excluding hydrogens is 396 g/mol. The first-order valence-electron chi connectivity index (χ1n) is 9.48. The maximum atomic E-state index is 5.88. The highest BCUT2D eigenvalue weighted by Crippen LogP contribution is 2.25. The molecule has 2 aromatic carbocycles. The normalized spacial score (nSPS) is 10.4. The fourth-order valence-electron chi connectivity index (χ4n) is 2.76. The summed E-state index contributed by atoms with van der Waals surface area (Å²) in [6, 6.07) is 21.0. The van der Waals surface area contributed by atoms with Crippen molar-refractivity contribution < 1.29 is 4.74 Å². The molecule has 0 radical (unpaired) electrons. The van der Waals surface area contributed by atoms with Gasteiger partial charge in [0, 0.05) is 18.3 Å². The lowest BCUT2D eigenvalue weighted by molar-refractivity contribution is 0.483. The minimum atomic E-state index is 0.515. The number of anilines is 3. The number of rotatable bonds is 6. The van der Waals surface area contributed by atoms with E-state index in [0.717, 1.165) is 23.7 Å². The smallest absolute Gasteiger partial charge is 0.182 e. The molecule has 0 bridgehead atoms. The lowest BCUT2D eigenvalue weighted by atomic mass is 10.3. The van der Waals surface area contributed by atoms with Crippen LogP contribution in [0, 0.1) is 0 Å². The fourth-order valence-corrected chi connectivity index (χ4v) is 3.01. The molecule has 8 heteroatoms. The molecule has 0 aliphatic rings. The average Bonchev–Trinajstić information content (AvgIpc) is 2.75. The van der Waals surface area contributed by atoms with Crippen LogP contribution in [0.2, 0.25) is 0 Å². The van der Waals surface area contributed by atoms with E-state index in [1.807, 2.05) is 73.7 Å². The second-order valence-corrected chi connectivity index (χ2v) is 6.76. The first-order valence-corrected chi connectivity index (χ1v) is 9.89. The number of benzene rings is 2. The molecule has 4 aromatic rings. The first-order chi connectivity index (χ1) is 14.7. The number of hydrogen-bond donors (Lipinski definition) is 3. The van der Waals surface area contributed by atoms with Crippen LogP contribution in [0.5, 0.6) is 11.5 Å². The van der Waals surface area contributed by atoms with Crippen molar-refractivity contribution in [3.05, 3.63) is 72.9 Å². The standard InChI is InChI=1S/C22H20N6OS/c1-2-23-22(30)28-19-12-11-18-21(26-19)27-20(14-24-18)25-15-7-6-10-17(13-15)29-16-8-4-3-5-9-16/h3-14H,2H2,1H3,(H3,23,25,26,27,28,30). The van der Waals surface area contributed by atoms with Crippen molar-refractivity contribution in [3.63, 3.8) is 0 Å². The Bertz CT molecular complexity index is 1170. The van der Waals surface area contributed by atoms with Crippen LogP contribution in [-0.4, -0.2) is 26.6 Å². The number of thiocarbonyl (C=S) groups is 1. The van der Waals surface area contributed by atoms with Crippen LogP contribution in [0.25, 0.3) is 11.2 Å². The molecule has 2 aromatic heterocycles. The summed E-state index contributed by atoms with van der Waals surface area (Å²) in [4.78, 5) is 13.5. The molecule has 0 saturated heterocycles. The summed E-state index contributed by atoms with van der Waals surface area (Å²) in [6.45, 7) is 2.71. The van der Waals surface area contributed by atoms with E-state index in [1.165, 1.54) is 0 Å².